The fourth-order valence-corrected chi connectivity index (χ4v) is 3.30. The molecule has 1 aromatic heterocycles. The van der Waals surface area contributed by atoms with E-state index in [4.69, 9.17) is 9.47 Å². The third-order valence-corrected chi connectivity index (χ3v) is 4.77. The molecule has 24 heavy (non-hydrogen) atoms. The van der Waals surface area contributed by atoms with Crippen molar-refractivity contribution in [1.29, 1.82) is 0 Å². The average Bonchev–Trinajstić information content (AvgIpc) is 3.16. The second-order valence-corrected chi connectivity index (χ2v) is 6.56. The van der Waals surface area contributed by atoms with Gasteiger partial charge in [0.2, 0.25) is 0 Å². The van der Waals surface area contributed by atoms with Gasteiger partial charge in [-0.3, -0.25) is 4.98 Å². The van der Waals surface area contributed by atoms with E-state index >= 15 is 0 Å². The molecule has 0 atom stereocenters. The van der Waals surface area contributed by atoms with Crippen molar-refractivity contribution in [2.45, 2.75) is 44.6 Å². The van der Waals surface area contributed by atoms with Gasteiger partial charge in [0.15, 0.2) is 0 Å². The number of hydrogen-bond donors (Lipinski definition) is 0. The number of ether oxygens (including phenoxy) is 2. The second kappa shape index (κ2) is 8.13. The molecule has 2 heterocycles. The van der Waals surface area contributed by atoms with Crippen molar-refractivity contribution in [3.05, 3.63) is 30.1 Å². The summed E-state index contributed by atoms with van der Waals surface area (Å²) in [6, 6.07) is 3.43. The van der Waals surface area contributed by atoms with E-state index in [9.17, 15) is 9.59 Å². The molecule has 1 aliphatic heterocycles. The first kappa shape index (κ1) is 16.7. The van der Waals surface area contributed by atoms with Gasteiger partial charge in [-0.15, -0.1) is 0 Å². The first-order chi connectivity index (χ1) is 11.7. The Kier molecular flexibility index (Phi) is 5.67. The molecule has 0 unspecified atom stereocenters. The zero-order valence-corrected chi connectivity index (χ0v) is 13.9. The summed E-state index contributed by atoms with van der Waals surface area (Å²) in [5.41, 5.74) is 0.485. The summed E-state index contributed by atoms with van der Waals surface area (Å²) in [4.78, 5) is 29.6. The minimum atomic E-state index is -0.313. The van der Waals surface area contributed by atoms with Crippen LogP contribution in [0.5, 0.6) is 0 Å². The molecule has 1 saturated carbocycles. The number of rotatable bonds is 4. The largest absolute Gasteiger partial charge is 0.459 e. The summed E-state index contributed by atoms with van der Waals surface area (Å²) in [5, 5.41) is 0. The lowest BCUT2D eigenvalue weighted by molar-refractivity contribution is 0.0113. The van der Waals surface area contributed by atoms with Crippen molar-refractivity contribution >= 4 is 12.1 Å². The van der Waals surface area contributed by atoms with E-state index in [0.29, 0.717) is 18.1 Å². The van der Waals surface area contributed by atoms with Crippen LogP contribution in [0.2, 0.25) is 0 Å². The van der Waals surface area contributed by atoms with Crippen LogP contribution in [0.3, 0.4) is 0 Å². The highest BCUT2D eigenvalue weighted by molar-refractivity contribution is 5.89. The quantitative estimate of drug-likeness (QED) is 0.793. The summed E-state index contributed by atoms with van der Waals surface area (Å²) >= 11 is 0. The molecule has 3 rings (SSSR count). The maximum absolute atomic E-state index is 12.0. The van der Waals surface area contributed by atoms with Gasteiger partial charge in [-0.05, 0) is 56.6 Å². The topological polar surface area (TPSA) is 68.7 Å². The van der Waals surface area contributed by atoms with E-state index < -0.39 is 0 Å². The number of carbonyl (C=O) groups is 2. The van der Waals surface area contributed by atoms with Crippen molar-refractivity contribution in [1.82, 2.24) is 9.88 Å². The van der Waals surface area contributed by atoms with Gasteiger partial charge in [0.1, 0.15) is 6.10 Å². The van der Waals surface area contributed by atoms with Crippen LogP contribution in [0.25, 0.3) is 0 Å². The number of esters is 1. The number of aromatic nitrogens is 1. The number of carbonyl (C=O) groups excluding carboxylic acids is 2. The number of nitrogens with zero attached hydrogens (tertiary/aromatic N) is 2. The lowest BCUT2D eigenvalue weighted by Gasteiger charge is -2.28. The van der Waals surface area contributed by atoms with Crippen LogP contribution in [-0.2, 0) is 9.47 Å². The Morgan fingerprint density at radius 2 is 1.92 bits per heavy atom. The summed E-state index contributed by atoms with van der Waals surface area (Å²) in [5.74, 6) is 0.0527. The maximum atomic E-state index is 12.0. The molecule has 1 aromatic rings. The summed E-state index contributed by atoms with van der Waals surface area (Å²) in [6.07, 6.45) is 8.52. The van der Waals surface area contributed by atoms with Crippen LogP contribution in [0.15, 0.2) is 24.5 Å². The van der Waals surface area contributed by atoms with E-state index in [2.05, 4.69) is 4.98 Å². The SMILES string of the molecule is O=C(OC1CCC(COC(=O)N2CCCC2)CC1)c1cccnc1. The average molecular weight is 332 g/mol. The van der Waals surface area contributed by atoms with E-state index in [1.165, 1.54) is 6.20 Å². The second-order valence-electron chi connectivity index (χ2n) is 6.56. The molecule has 1 aliphatic carbocycles. The summed E-state index contributed by atoms with van der Waals surface area (Å²) in [6.45, 7) is 2.10. The van der Waals surface area contributed by atoms with Crippen LogP contribution in [-0.4, -0.2) is 47.7 Å². The van der Waals surface area contributed by atoms with Crippen LogP contribution in [0.4, 0.5) is 4.79 Å². The van der Waals surface area contributed by atoms with E-state index in [0.717, 1.165) is 51.6 Å². The lowest BCUT2D eigenvalue weighted by atomic mass is 9.88. The Morgan fingerprint density at radius 3 is 2.58 bits per heavy atom. The van der Waals surface area contributed by atoms with Gasteiger partial charge < -0.3 is 14.4 Å². The van der Waals surface area contributed by atoms with E-state index in [-0.39, 0.29) is 18.2 Å². The Labute approximate surface area is 142 Å². The Hall–Kier alpha value is -2.11. The predicted octanol–water partition coefficient (Wildman–Crippen LogP) is 3.03. The highest BCUT2D eigenvalue weighted by Gasteiger charge is 2.26. The highest BCUT2D eigenvalue weighted by atomic mass is 16.6. The van der Waals surface area contributed by atoms with Gasteiger partial charge in [-0.1, -0.05) is 0 Å². The molecule has 2 aliphatic rings. The van der Waals surface area contributed by atoms with Crippen molar-refractivity contribution in [2.24, 2.45) is 5.92 Å². The standard InChI is InChI=1S/C18H24N2O4/c21-17(15-4-3-9-19-12-15)24-16-7-5-14(6-8-16)13-23-18(22)20-10-1-2-11-20/h3-4,9,12,14,16H,1-2,5-8,10-11,13H2. The van der Waals surface area contributed by atoms with Crippen LogP contribution in [0, 0.1) is 5.92 Å². The zero-order chi connectivity index (χ0) is 16.8. The third kappa shape index (κ3) is 4.46. The van der Waals surface area contributed by atoms with Crippen LogP contribution < -0.4 is 0 Å². The predicted molar refractivity (Wildman–Crippen MR) is 87.6 cm³/mol. The molecular weight excluding hydrogens is 308 g/mol. The minimum absolute atomic E-state index is 0.0526. The van der Waals surface area contributed by atoms with E-state index in [1.54, 1.807) is 23.2 Å². The summed E-state index contributed by atoms with van der Waals surface area (Å²) < 4.78 is 11.0. The number of hydrogen-bond acceptors (Lipinski definition) is 5. The molecule has 1 saturated heterocycles. The molecule has 2 fully saturated rings. The van der Waals surface area contributed by atoms with Crippen molar-refractivity contribution in [2.75, 3.05) is 19.7 Å². The number of pyridine rings is 1. The first-order valence-electron chi connectivity index (χ1n) is 8.75. The smallest absolute Gasteiger partial charge is 0.409 e. The first-order valence-corrected chi connectivity index (χ1v) is 8.75. The van der Waals surface area contributed by atoms with Gasteiger partial charge in [-0.25, -0.2) is 9.59 Å². The third-order valence-electron chi connectivity index (χ3n) is 4.77. The van der Waals surface area contributed by atoms with Gasteiger partial charge in [-0.2, -0.15) is 0 Å². The van der Waals surface area contributed by atoms with Gasteiger partial charge in [0, 0.05) is 25.5 Å². The molecule has 0 radical (unpaired) electrons. The van der Waals surface area contributed by atoms with Crippen molar-refractivity contribution in [3.63, 3.8) is 0 Å². The van der Waals surface area contributed by atoms with Gasteiger partial charge >= 0.3 is 12.1 Å². The minimum Gasteiger partial charge on any atom is -0.459 e. The Balaban J connectivity index is 1.36. The Bertz CT molecular complexity index is 549. The normalized spacial score (nSPS) is 23.8. The number of likely N-dealkylation sites (tertiary alicyclic amines) is 1. The Morgan fingerprint density at radius 1 is 1.17 bits per heavy atom. The van der Waals surface area contributed by atoms with Gasteiger partial charge in [0.25, 0.3) is 0 Å². The molecular formula is C18H24N2O4. The van der Waals surface area contributed by atoms with E-state index in [1.807, 2.05) is 0 Å². The molecule has 6 nitrogen and oxygen atoms in total. The fourth-order valence-electron chi connectivity index (χ4n) is 3.30. The van der Waals surface area contributed by atoms with Crippen molar-refractivity contribution < 1.29 is 19.1 Å². The molecule has 0 N–H and O–H groups in total. The highest BCUT2D eigenvalue weighted by Crippen LogP contribution is 2.27. The molecule has 0 spiro atoms. The molecule has 130 valence electrons. The fraction of sp³-hybridized carbons (Fsp3) is 0.611. The van der Waals surface area contributed by atoms with Crippen molar-refractivity contribution in [3.8, 4) is 0 Å². The number of amides is 1. The molecule has 1 amide bonds. The maximum Gasteiger partial charge on any atom is 0.409 e. The molecule has 0 aromatic carbocycles. The monoisotopic (exact) mass is 332 g/mol. The lowest BCUT2D eigenvalue weighted by Crippen LogP contribution is -2.31. The molecule has 0 bridgehead atoms. The van der Waals surface area contributed by atoms with Crippen LogP contribution in [0.1, 0.15) is 48.9 Å². The van der Waals surface area contributed by atoms with Gasteiger partial charge in [0.05, 0.1) is 12.2 Å². The summed E-state index contributed by atoms with van der Waals surface area (Å²) in [7, 11) is 0. The van der Waals surface area contributed by atoms with Crippen LogP contribution >= 0.6 is 0 Å². The molecule has 6 heteroatoms. The zero-order valence-electron chi connectivity index (χ0n) is 13.9.